The van der Waals surface area contributed by atoms with Gasteiger partial charge in [-0.15, -0.1) is 0 Å². The number of nitrogens with zero attached hydrogens (tertiary/aromatic N) is 4. The van der Waals surface area contributed by atoms with E-state index < -0.39 is 6.10 Å². The Kier molecular flexibility index (Phi) is 3.13. The van der Waals surface area contributed by atoms with Crippen LogP contribution >= 0.6 is 0 Å². The van der Waals surface area contributed by atoms with Crippen LogP contribution in [0.3, 0.4) is 0 Å². The van der Waals surface area contributed by atoms with Gasteiger partial charge in [-0.1, -0.05) is 0 Å². The topological polar surface area (TPSA) is 166 Å². The monoisotopic (exact) mass is 304 g/mol. The standard InChI is InChI=1S/C12H16N8O2/c13-7-2-17-19(11(7)15)4-6-1-9(21)10(22-6)5-20-12(16)8(14)3-18-20/h1-3,10H,4-5,13-16H2. The molecule has 0 bridgehead atoms. The smallest absolute Gasteiger partial charge is 0.201 e. The van der Waals surface area contributed by atoms with Gasteiger partial charge in [0.1, 0.15) is 23.9 Å². The van der Waals surface area contributed by atoms with Crippen LogP contribution < -0.4 is 22.9 Å². The lowest BCUT2D eigenvalue weighted by Crippen LogP contribution is -2.25. The molecule has 1 unspecified atom stereocenters. The van der Waals surface area contributed by atoms with Gasteiger partial charge in [0.05, 0.1) is 30.3 Å². The number of ketones is 1. The van der Waals surface area contributed by atoms with Gasteiger partial charge in [-0.3, -0.25) is 4.79 Å². The van der Waals surface area contributed by atoms with Gasteiger partial charge in [-0.2, -0.15) is 10.2 Å². The lowest BCUT2D eigenvalue weighted by molar-refractivity contribution is -0.121. The highest BCUT2D eigenvalue weighted by molar-refractivity contribution is 5.95. The van der Waals surface area contributed by atoms with E-state index in [0.717, 1.165) is 0 Å². The Balaban J connectivity index is 1.68. The molecule has 0 saturated heterocycles. The number of carbonyl (C=O) groups is 1. The molecule has 0 aromatic carbocycles. The fourth-order valence-corrected chi connectivity index (χ4v) is 2.13. The Morgan fingerprint density at radius 1 is 1.05 bits per heavy atom. The second-order valence-electron chi connectivity index (χ2n) is 4.93. The summed E-state index contributed by atoms with van der Waals surface area (Å²) in [6, 6.07) is 0. The molecule has 0 fully saturated rings. The molecule has 0 spiro atoms. The third-order valence-corrected chi connectivity index (χ3v) is 3.38. The zero-order chi connectivity index (χ0) is 15.9. The van der Waals surface area contributed by atoms with Crippen molar-refractivity contribution in [3.8, 4) is 0 Å². The molecular weight excluding hydrogens is 288 g/mol. The average Bonchev–Trinajstić information content (AvgIpc) is 3.09. The summed E-state index contributed by atoms with van der Waals surface area (Å²) < 4.78 is 8.49. The molecular formula is C12H16N8O2. The summed E-state index contributed by atoms with van der Waals surface area (Å²) >= 11 is 0. The lowest BCUT2D eigenvalue weighted by Gasteiger charge is -2.13. The number of ether oxygens (including phenoxy) is 1. The van der Waals surface area contributed by atoms with E-state index in [1.807, 2.05) is 0 Å². The van der Waals surface area contributed by atoms with E-state index >= 15 is 0 Å². The lowest BCUT2D eigenvalue weighted by atomic mass is 10.2. The SMILES string of the molecule is Nc1cnn(CC2=CC(=O)C(Cn3ncc(N)c3N)O2)c1N. The van der Waals surface area contributed by atoms with Crippen LogP contribution in [0, 0.1) is 0 Å². The molecule has 1 atom stereocenters. The molecule has 116 valence electrons. The molecule has 3 heterocycles. The molecule has 1 aliphatic heterocycles. The van der Waals surface area contributed by atoms with Gasteiger partial charge < -0.3 is 27.7 Å². The summed E-state index contributed by atoms with van der Waals surface area (Å²) in [6.45, 7) is 0.403. The van der Waals surface area contributed by atoms with E-state index in [0.29, 0.717) is 28.8 Å². The molecule has 2 aromatic rings. The second kappa shape index (κ2) is 4.98. The molecule has 8 N–H and O–H groups in total. The highest BCUT2D eigenvalue weighted by Crippen LogP contribution is 2.22. The summed E-state index contributed by atoms with van der Waals surface area (Å²) in [5, 5.41) is 8.01. The van der Waals surface area contributed by atoms with Crippen LogP contribution in [0.1, 0.15) is 0 Å². The first-order valence-corrected chi connectivity index (χ1v) is 6.50. The van der Waals surface area contributed by atoms with Crippen molar-refractivity contribution in [2.75, 3.05) is 22.9 Å². The van der Waals surface area contributed by atoms with E-state index in [9.17, 15) is 4.79 Å². The fraction of sp³-hybridized carbons (Fsp3) is 0.250. The van der Waals surface area contributed by atoms with Crippen LogP contribution in [0.5, 0.6) is 0 Å². The third-order valence-electron chi connectivity index (χ3n) is 3.38. The van der Waals surface area contributed by atoms with Crippen LogP contribution in [-0.2, 0) is 22.6 Å². The second-order valence-corrected chi connectivity index (χ2v) is 4.93. The molecule has 0 saturated carbocycles. The third kappa shape index (κ3) is 2.30. The molecule has 2 aromatic heterocycles. The Labute approximate surface area is 125 Å². The van der Waals surface area contributed by atoms with Crippen molar-refractivity contribution < 1.29 is 9.53 Å². The largest absolute Gasteiger partial charge is 0.483 e. The molecule has 3 rings (SSSR count). The van der Waals surface area contributed by atoms with Crippen LogP contribution in [0.2, 0.25) is 0 Å². The number of carbonyl (C=O) groups excluding carboxylic acids is 1. The predicted molar refractivity (Wildman–Crippen MR) is 80.1 cm³/mol. The molecule has 10 nitrogen and oxygen atoms in total. The molecule has 1 aliphatic rings. The maximum atomic E-state index is 12.0. The minimum absolute atomic E-state index is 0.179. The van der Waals surface area contributed by atoms with E-state index in [4.69, 9.17) is 27.7 Å². The van der Waals surface area contributed by atoms with Crippen LogP contribution in [0.15, 0.2) is 24.2 Å². The van der Waals surface area contributed by atoms with Crippen molar-refractivity contribution in [2.45, 2.75) is 19.2 Å². The van der Waals surface area contributed by atoms with E-state index in [-0.39, 0.29) is 18.9 Å². The van der Waals surface area contributed by atoms with Crippen molar-refractivity contribution in [3.63, 3.8) is 0 Å². The van der Waals surface area contributed by atoms with Gasteiger partial charge in [0.2, 0.25) is 5.78 Å². The summed E-state index contributed by atoms with van der Waals surface area (Å²) in [7, 11) is 0. The number of nitrogen functional groups attached to an aromatic ring is 4. The van der Waals surface area contributed by atoms with Crippen LogP contribution in [-0.4, -0.2) is 31.4 Å². The van der Waals surface area contributed by atoms with Crippen molar-refractivity contribution in [2.24, 2.45) is 0 Å². The highest BCUT2D eigenvalue weighted by atomic mass is 16.5. The van der Waals surface area contributed by atoms with Crippen molar-refractivity contribution in [1.82, 2.24) is 19.6 Å². The van der Waals surface area contributed by atoms with E-state index in [1.54, 1.807) is 0 Å². The van der Waals surface area contributed by atoms with Gasteiger partial charge in [-0.05, 0) is 0 Å². The summed E-state index contributed by atoms with van der Waals surface area (Å²) in [5.41, 5.74) is 23.5. The first kappa shape index (κ1) is 13.8. The highest BCUT2D eigenvalue weighted by Gasteiger charge is 2.29. The zero-order valence-corrected chi connectivity index (χ0v) is 11.6. The molecule has 0 amide bonds. The number of rotatable bonds is 4. The molecule has 0 radical (unpaired) electrons. The summed E-state index contributed by atoms with van der Waals surface area (Å²) in [6.07, 6.45) is 3.57. The summed E-state index contributed by atoms with van der Waals surface area (Å²) in [4.78, 5) is 12.0. The Bertz CT molecular complexity index is 759. The number of hydrogen-bond donors (Lipinski definition) is 4. The number of allylic oxidation sites excluding steroid dienone is 1. The number of anilines is 4. The molecule has 22 heavy (non-hydrogen) atoms. The zero-order valence-electron chi connectivity index (χ0n) is 11.6. The van der Waals surface area contributed by atoms with Gasteiger partial charge in [0, 0.05) is 6.08 Å². The Morgan fingerprint density at radius 2 is 1.64 bits per heavy atom. The maximum absolute atomic E-state index is 12.0. The first-order chi connectivity index (χ1) is 10.5. The molecule has 0 aliphatic carbocycles. The van der Waals surface area contributed by atoms with E-state index in [2.05, 4.69) is 10.2 Å². The van der Waals surface area contributed by atoms with Crippen molar-refractivity contribution >= 4 is 28.8 Å². The number of aromatic nitrogens is 4. The normalized spacial score (nSPS) is 17.5. The van der Waals surface area contributed by atoms with Crippen molar-refractivity contribution in [1.29, 1.82) is 0 Å². The number of nitrogens with two attached hydrogens (primary N) is 4. The fourth-order valence-electron chi connectivity index (χ4n) is 2.13. The van der Waals surface area contributed by atoms with Gasteiger partial charge in [-0.25, -0.2) is 9.36 Å². The predicted octanol–water partition coefficient (Wildman–Crippen LogP) is -1.04. The minimum atomic E-state index is -0.703. The average molecular weight is 304 g/mol. The van der Waals surface area contributed by atoms with E-state index in [1.165, 1.54) is 27.8 Å². The van der Waals surface area contributed by atoms with Gasteiger partial charge in [0.15, 0.2) is 6.10 Å². The maximum Gasteiger partial charge on any atom is 0.201 e. The summed E-state index contributed by atoms with van der Waals surface area (Å²) in [5.74, 6) is 0.893. The Morgan fingerprint density at radius 3 is 2.18 bits per heavy atom. The quantitative estimate of drug-likeness (QED) is 0.555. The Hall–Kier alpha value is -3.17. The molecule has 10 heteroatoms. The number of hydrogen-bond acceptors (Lipinski definition) is 8. The first-order valence-electron chi connectivity index (χ1n) is 6.50. The van der Waals surface area contributed by atoms with Gasteiger partial charge in [0.25, 0.3) is 0 Å². The van der Waals surface area contributed by atoms with Crippen LogP contribution in [0.25, 0.3) is 0 Å². The van der Waals surface area contributed by atoms with Crippen molar-refractivity contribution in [3.05, 3.63) is 24.2 Å². The van der Waals surface area contributed by atoms with Gasteiger partial charge >= 0.3 is 0 Å². The minimum Gasteiger partial charge on any atom is -0.483 e. The van der Waals surface area contributed by atoms with Crippen LogP contribution in [0.4, 0.5) is 23.0 Å².